The molecule has 30 heavy (non-hydrogen) atoms. The first-order valence-electron chi connectivity index (χ1n) is 10.5. The second kappa shape index (κ2) is 7.57. The van der Waals surface area contributed by atoms with Crippen LogP contribution < -0.4 is 10.6 Å². The second-order valence-corrected chi connectivity index (χ2v) is 8.32. The summed E-state index contributed by atoms with van der Waals surface area (Å²) >= 11 is 0. The summed E-state index contributed by atoms with van der Waals surface area (Å²) in [6.07, 6.45) is 5.14. The fourth-order valence-electron chi connectivity index (χ4n) is 4.90. The molecule has 0 aliphatic carbocycles. The molecule has 3 atom stereocenters. The van der Waals surface area contributed by atoms with Gasteiger partial charge in [-0.05, 0) is 39.5 Å². The van der Waals surface area contributed by atoms with Crippen molar-refractivity contribution in [3.05, 3.63) is 17.6 Å². The quantitative estimate of drug-likeness (QED) is 0.491. The standard InChI is InChI=1S/C20H26N10/c1-11-8-16(29-28-11)25-20-26-18-17(22-12(2)23-18)19(27-20)24-13-9-14-4-5-15(10-13)30(14)7-3-6-21/h8,13-15H,3-5,7,9-10H2,1-2H3,(H4,22,23,24,25,26,27,28,29)/t13?,14-,15+. The molecule has 2 bridgehead atoms. The SMILES string of the molecule is Cc1cc(Nc2nc(NC3C[C@H]4CC[C@@H](C3)N4CCC#N)c3[nH]c(C)nc3n2)n[nH]1. The molecular formula is C20H26N10. The molecule has 2 aliphatic heterocycles. The molecule has 2 aliphatic rings. The van der Waals surface area contributed by atoms with E-state index in [4.69, 9.17) is 10.2 Å². The Morgan fingerprint density at radius 2 is 2.00 bits per heavy atom. The van der Waals surface area contributed by atoms with E-state index in [0.29, 0.717) is 42.0 Å². The molecule has 0 aromatic carbocycles. The van der Waals surface area contributed by atoms with Crippen molar-refractivity contribution in [3.8, 4) is 6.07 Å². The van der Waals surface area contributed by atoms with E-state index in [2.05, 4.69) is 46.8 Å². The largest absolute Gasteiger partial charge is 0.365 e. The number of aromatic amines is 2. The smallest absolute Gasteiger partial charge is 0.232 e. The molecule has 0 saturated carbocycles. The summed E-state index contributed by atoms with van der Waals surface area (Å²) < 4.78 is 0. The normalized spacial score (nSPS) is 23.6. The molecule has 1 unspecified atom stereocenters. The van der Waals surface area contributed by atoms with Gasteiger partial charge in [-0.25, -0.2) is 4.98 Å². The van der Waals surface area contributed by atoms with Crippen LogP contribution in [0.3, 0.4) is 0 Å². The summed E-state index contributed by atoms with van der Waals surface area (Å²) in [6.45, 7) is 4.75. The fraction of sp³-hybridized carbons (Fsp3) is 0.550. The summed E-state index contributed by atoms with van der Waals surface area (Å²) in [5.74, 6) is 2.72. The minimum Gasteiger partial charge on any atom is -0.365 e. The van der Waals surface area contributed by atoms with E-state index in [1.807, 2.05) is 19.9 Å². The molecule has 3 aromatic heterocycles. The van der Waals surface area contributed by atoms with Crippen LogP contribution in [0.15, 0.2) is 6.07 Å². The molecule has 10 heteroatoms. The molecule has 2 saturated heterocycles. The lowest BCUT2D eigenvalue weighted by atomic mass is 9.97. The van der Waals surface area contributed by atoms with Gasteiger partial charge in [0, 0.05) is 42.9 Å². The van der Waals surface area contributed by atoms with Crippen molar-refractivity contribution in [2.24, 2.45) is 0 Å². The van der Waals surface area contributed by atoms with Crippen LogP contribution in [-0.2, 0) is 0 Å². The third-order valence-electron chi connectivity index (χ3n) is 6.12. The van der Waals surface area contributed by atoms with Gasteiger partial charge < -0.3 is 15.6 Å². The lowest BCUT2D eigenvalue weighted by Gasteiger charge is -2.39. The van der Waals surface area contributed by atoms with Crippen molar-refractivity contribution in [3.63, 3.8) is 0 Å². The predicted molar refractivity (Wildman–Crippen MR) is 113 cm³/mol. The van der Waals surface area contributed by atoms with Gasteiger partial charge in [0.1, 0.15) is 11.3 Å². The third kappa shape index (κ3) is 3.57. The van der Waals surface area contributed by atoms with Crippen molar-refractivity contribution in [1.29, 1.82) is 5.26 Å². The number of nitrogens with one attached hydrogen (secondary N) is 4. The molecule has 10 nitrogen and oxygen atoms in total. The van der Waals surface area contributed by atoms with E-state index >= 15 is 0 Å². The van der Waals surface area contributed by atoms with Crippen LogP contribution in [0.25, 0.3) is 11.2 Å². The lowest BCUT2D eigenvalue weighted by molar-refractivity contribution is 0.136. The van der Waals surface area contributed by atoms with Crippen LogP contribution in [0, 0.1) is 25.2 Å². The van der Waals surface area contributed by atoms with Crippen LogP contribution in [0.1, 0.15) is 43.6 Å². The van der Waals surface area contributed by atoms with Gasteiger partial charge in [-0.2, -0.15) is 20.3 Å². The Morgan fingerprint density at radius 1 is 1.20 bits per heavy atom. The van der Waals surface area contributed by atoms with Crippen LogP contribution in [0.4, 0.5) is 17.6 Å². The average Bonchev–Trinajstić information content (AvgIpc) is 3.35. The highest BCUT2D eigenvalue weighted by atomic mass is 15.3. The molecule has 5 rings (SSSR count). The molecule has 156 valence electrons. The number of fused-ring (bicyclic) bond motifs is 3. The summed E-state index contributed by atoms with van der Waals surface area (Å²) in [7, 11) is 0. The Morgan fingerprint density at radius 3 is 2.70 bits per heavy atom. The van der Waals surface area contributed by atoms with Gasteiger partial charge in [0.25, 0.3) is 0 Å². The van der Waals surface area contributed by atoms with Crippen LogP contribution in [0.5, 0.6) is 0 Å². The van der Waals surface area contributed by atoms with Gasteiger partial charge in [0.2, 0.25) is 5.95 Å². The number of hydrogen-bond donors (Lipinski definition) is 4. The second-order valence-electron chi connectivity index (χ2n) is 8.32. The number of nitriles is 1. The van der Waals surface area contributed by atoms with Gasteiger partial charge in [-0.3, -0.25) is 10.00 Å². The van der Waals surface area contributed by atoms with E-state index in [1.54, 1.807) is 0 Å². The molecule has 0 radical (unpaired) electrons. The maximum atomic E-state index is 8.95. The zero-order valence-electron chi connectivity index (χ0n) is 17.2. The molecule has 3 aromatic rings. The number of aromatic nitrogens is 6. The van der Waals surface area contributed by atoms with Crippen molar-refractivity contribution >= 4 is 28.7 Å². The summed E-state index contributed by atoms with van der Waals surface area (Å²) in [5.41, 5.74) is 2.43. The summed E-state index contributed by atoms with van der Waals surface area (Å²) in [6, 6.07) is 5.61. The van der Waals surface area contributed by atoms with Crippen molar-refractivity contribution in [2.75, 3.05) is 17.2 Å². The first-order valence-corrected chi connectivity index (χ1v) is 10.5. The molecule has 4 N–H and O–H groups in total. The van der Waals surface area contributed by atoms with Crippen LogP contribution in [0.2, 0.25) is 0 Å². The number of H-pyrrole nitrogens is 2. The highest BCUT2D eigenvalue weighted by molar-refractivity contribution is 5.84. The predicted octanol–water partition coefficient (Wildman–Crippen LogP) is 2.76. The monoisotopic (exact) mass is 406 g/mol. The number of aryl methyl sites for hydroxylation is 2. The Labute approximate surface area is 174 Å². The minimum atomic E-state index is 0.336. The Balaban J connectivity index is 1.38. The average molecular weight is 406 g/mol. The van der Waals surface area contributed by atoms with Crippen molar-refractivity contribution in [2.45, 2.75) is 64.1 Å². The summed E-state index contributed by atoms with van der Waals surface area (Å²) in [4.78, 5) is 19.6. The van der Waals surface area contributed by atoms with Gasteiger partial charge in [0.05, 0.1) is 6.07 Å². The Bertz CT molecular complexity index is 1080. The zero-order valence-corrected chi connectivity index (χ0v) is 17.2. The van der Waals surface area contributed by atoms with Crippen LogP contribution in [-0.4, -0.2) is 59.7 Å². The topological polar surface area (TPSA) is 134 Å². The van der Waals surface area contributed by atoms with E-state index < -0.39 is 0 Å². The number of anilines is 3. The maximum Gasteiger partial charge on any atom is 0.232 e. The minimum absolute atomic E-state index is 0.336. The molecular weight excluding hydrogens is 380 g/mol. The Kier molecular flexibility index (Phi) is 4.75. The Hall–Kier alpha value is -3.19. The number of nitrogens with zero attached hydrogens (tertiary/aromatic N) is 6. The highest BCUT2D eigenvalue weighted by Gasteiger charge is 2.40. The van der Waals surface area contributed by atoms with E-state index in [0.717, 1.165) is 42.2 Å². The first-order chi connectivity index (χ1) is 14.6. The van der Waals surface area contributed by atoms with E-state index in [9.17, 15) is 0 Å². The molecule has 0 amide bonds. The number of piperidine rings is 1. The highest BCUT2D eigenvalue weighted by Crippen LogP contribution is 2.37. The maximum absolute atomic E-state index is 8.95. The van der Waals surface area contributed by atoms with Gasteiger partial charge in [-0.1, -0.05) is 0 Å². The third-order valence-corrected chi connectivity index (χ3v) is 6.12. The van der Waals surface area contributed by atoms with Gasteiger partial charge >= 0.3 is 0 Å². The summed E-state index contributed by atoms with van der Waals surface area (Å²) in [5, 5.41) is 22.9. The van der Waals surface area contributed by atoms with Gasteiger partial charge in [-0.15, -0.1) is 0 Å². The van der Waals surface area contributed by atoms with Crippen molar-refractivity contribution < 1.29 is 0 Å². The van der Waals surface area contributed by atoms with Crippen molar-refractivity contribution in [1.82, 2.24) is 35.0 Å². The number of hydrogen-bond acceptors (Lipinski definition) is 8. The first kappa shape index (κ1) is 18.8. The zero-order chi connectivity index (χ0) is 20.7. The number of imidazole rings is 1. The fourth-order valence-corrected chi connectivity index (χ4v) is 4.90. The molecule has 5 heterocycles. The van der Waals surface area contributed by atoms with E-state index in [1.165, 1.54) is 12.8 Å². The molecule has 2 fully saturated rings. The van der Waals surface area contributed by atoms with Crippen LogP contribution >= 0.6 is 0 Å². The van der Waals surface area contributed by atoms with Gasteiger partial charge in [0.15, 0.2) is 17.3 Å². The van der Waals surface area contributed by atoms with E-state index in [-0.39, 0.29) is 0 Å². The molecule has 0 spiro atoms. The number of rotatable bonds is 6. The lowest BCUT2D eigenvalue weighted by Crippen LogP contribution is -2.47.